The van der Waals surface area contributed by atoms with Gasteiger partial charge in [0.05, 0.1) is 6.04 Å². The van der Waals surface area contributed by atoms with Gasteiger partial charge in [0.1, 0.15) is 18.2 Å². The van der Waals surface area contributed by atoms with Crippen LogP contribution in [0.25, 0.3) is 0 Å². The molecule has 0 heterocycles. The van der Waals surface area contributed by atoms with Gasteiger partial charge in [0.2, 0.25) is 5.91 Å². The van der Waals surface area contributed by atoms with E-state index in [1.54, 1.807) is 18.2 Å². The zero-order valence-electron chi connectivity index (χ0n) is 14.2. The third-order valence-corrected chi connectivity index (χ3v) is 3.61. The molecule has 24 heavy (non-hydrogen) atoms. The van der Waals surface area contributed by atoms with E-state index in [1.807, 2.05) is 39.0 Å². The number of amides is 1. The number of hydrogen-bond acceptors (Lipinski definition) is 3. The summed E-state index contributed by atoms with van der Waals surface area (Å²) in [6, 6.07) is 12.7. The summed E-state index contributed by atoms with van der Waals surface area (Å²) < 4.78 is 18.7. The van der Waals surface area contributed by atoms with E-state index in [0.29, 0.717) is 11.4 Å². The minimum absolute atomic E-state index is 0.231. The lowest BCUT2D eigenvalue weighted by Gasteiger charge is -2.25. The Morgan fingerprint density at radius 1 is 1.21 bits per heavy atom. The first kappa shape index (κ1) is 17.9. The molecule has 0 bridgehead atoms. The number of carbonyl (C=O) groups is 1. The Morgan fingerprint density at radius 3 is 2.58 bits per heavy atom. The topological polar surface area (TPSA) is 64.4 Å². The second-order valence-electron chi connectivity index (χ2n) is 6.78. The Kier molecular flexibility index (Phi) is 5.57. The van der Waals surface area contributed by atoms with Gasteiger partial charge < -0.3 is 15.8 Å². The summed E-state index contributed by atoms with van der Waals surface area (Å²) in [6.45, 7) is 6.03. The molecule has 0 radical (unpaired) electrons. The van der Waals surface area contributed by atoms with Crippen molar-refractivity contribution >= 4 is 11.6 Å². The SMILES string of the molecule is CC(C)(C)[C@H](N)C(=O)Nc1cccc(COc2cccc(F)c2)c1. The van der Waals surface area contributed by atoms with Crippen molar-refractivity contribution in [1.82, 2.24) is 0 Å². The van der Waals surface area contributed by atoms with E-state index >= 15 is 0 Å². The molecule has 2 aromatic rings. The standard InChI is InChI=1S/C19H23FN2O2/c1-19(2,3)17(21)18(23)22-15-8-4-6-13(10-15)12-24-16-9-5-7-14(20)11-16/h4-11,17H,12,21H2,1-3H3,(H,22,23)/t17-/m1/s1. The second kappa shape index (κ2) is 7.45. The van der Waals surface area contributed by atoms with Crippen molar-refractivity contribution in [1.29, 1.82) is 0 Å². The first-order valence-corrected chi connectivity index (χ1v) is 7.79. The normalized spacial score (nSPS) is 12.5. The van der Waals surface area contributed by atoms with Crippen LogP contribution in [0.4, 0.5) is 10.1 Å². The first-order valence-electron chi connectivity index (χ1n) is 7.79. The minimum atomic E-state index is -0.607. The predicted molar refractivity (Wildman–Crippen MR) is 93.2 cm³/mol. The van der Waals surface area contributed by atoms with Crippen LogP contribution in [0, 0.1) is 11.2 Å². The largest absolute Gasteiger partial charge is 0.489 e. The number of halogens is 1. The van der Waals surface area contributed by atoms with E-state index in [-0.39, 0.29) is 23.7 Å². The zero-order chi connectivity index (χ0) is 17.7. The summed E-state index contributed by atoms with van der Waals surface area (Å²) in [7, 11) is 0. The van der Waals surface area contributed by atoms with E-state index in [1.165, 1.54) is 12.1 Å². The molecular formula is C19H23FN2O2. The van der Waals surface area contributed by atoms with Crippen LogP contribution in [0.15, 0.2) is 48.5 Å². The van der Waals surface area contributed by atoms with Gasteiger partial charge in [-0.3, -0.25) is 4.79 Å². The molecule has 1 amide bonds. The molecule has 0 saturated carbocycles. The van der Waals surface area contributed by atoms with Crippen LogP contribution in [0.2, 0.25) is 0 Å². The van der Waals surface area contributed by atoms with Gasteiger partial charge in [0.15, 0.2) is 0 Å². The summed E-state index contributed by atoms with van der Waals surface area (Å²) in [5.41, 5.74) is 7.15. The van der Waals surface area contributed by atoms with Gasteiger partial charge in [0, 0.05) is 11.8 Å². The smallest absolute Gasteiger partial charge is 0.241 e. The van der Waals surface area contributed by atoms with E-state index in [4.69, 9.17) is 10.5 Å². The summed E-state index contributed by atoms with van der Waals surface area (Å²) in [5, 5.41) is 2.82. The molecule has 0 spiro atoms. The fraction of sp³-hybridized carbons (Fsp3) is 0.316. The average Bonchev–Trinajstić information content (AvgIpc) is 2.52. The maximum absolute atomic E-state index is 13.1. The van der Waals surface area contributed by atoms with Crippen molar-refractivity contribution in [3.63, 3.8) is 0 Å². The Morgan fingerprint density at radius 2 is 1.92 bits per heavy atom. The molecule has 0 saturated heterocycles. The lowest BCUT2D eigenvalue weighted by molar-refractivity contribution is -0.119. The Labute approximate surface area is 141 Å². The lowest BCUT2D eigenvalue weighted by Crippen LogP contribution is -2.45. The van der Waals surface area contributed by atoms with Gasteiger partial charge in [0.25, 0.3) is 0 Å². The van der Waals surface area contributed by atoms with Crippen molar-refractivity contribution in [2.45, 2.75) is 33.4 Å². The number of ether oxygens (including phenoxy) is 1. The van der Waals surface area contributed by atoms with Crippen LogP contribution in [0.1, 0.15) is 26.3 Å². The van der Waals surface area contributed by atoms with Gasteiger partial charge >= 0.3 is 0 Å². The maximum atomic E-state index is 13.1. The van der Waals surface area contributed by atoms with E-state index < -0.39 is 6.04 Å². The highest BCUT2D eigenvalue weighted by molar-refractivity contribution is 5.95. The van der Waals surface area contributed by atoms with Gasteiger partial charge in [-0.15, -0.1) is 0 Å². The van der Waals surface area contributed by atoms with Crippen LogP contribution in [0.5, 0.6) is 5.75 Å². The highest BCUT2D eigenvalue weighted by Gasteiger charge is 2.27. The summed E-state index contributed by atoms with van der Waals surface area (Å²) in [6.07, 6.45) is 0. The van der Waals surface area contributed by atoms with Crippen LogP contribution >= 0.6 is 0 Å². The van der Waals surface area contributed by atoms with E-state index in [2.05, 4.69) is 5.32 Å². The van der Waals surface area contributed by atoms with Crippen LogP contribution in [-0.2, 0) is 11.4 Å². The number of nitrogens with one attached hydrogen (secondary N) is 1. The Bertz CT molecular complexity index is 711. The second-order valence-corrected chi connectivity index (χ2v) is 6.78. The molecule has 2 aromatic carbocycles. The number of nitrogens with two attached hydrogens (primary N) is 1. The molecule has 1 atom stereocenters. The van der Waals surface area contributed by atoms with Gasteiger partial charge in [-0.25, -0.2) is 4.39 Å². The molecule has 0 aliphatic rings. The average molecular weight is 330 g/mol. The van der Waals surface area contributed by atoms with Crippen LogP contribution < -0.4 is 15.8 Å². The summed E-state index contributed by atoms with van der Waals surface area (Å²) in [5.74, 6) is -0.116. The third kappa shape index (κ3) is 5.06. The fourth-order valence-corrected chi connectivity index (χ4v) is 2.08. The van der Waals surface area contributed by atoms with Gasteiger partial charge in [-0.05, 0) is 35.2 Å². The van der Waals surface area contributed by atoms with Crippen LogP contribution in [-0.4, -0.2) is 11.9 Å². The molecule has 0 fully saturated rings. The molecule has 128 valence electrons. The fourth-order valence-electron chi connectivity index (χ4n) is 2.08. The number of hydrogen-bond donors (Lipinski definition) is 2. The first-order chi connectivity index (χ1) is 11.3. The molecular weight excluding hydrogens is 307 g/mol. The van der Waals surface area contributed by atoms with Crippen molar-refractivity contribution < 1.29 is 13.9 Å². The van der Waals surface area contributed by atoms with Gasteiger partial charge in [-0.2, -0.15) is 0 Å². The maximum Gasteiger partial charge on any atom is 0.241 e. The summed E-state index contributed by atoms with van der Waals surface area (Å²) in [4.78, 5) is 12.2. The number of carbonyl (C=O) groups excluding carboxylic acids is 1. The predicted octanol–water partition coefficient (Wildman–Crippen LogP) is 3.72. The molecule has 0 aliphatic carbocycles. The third-order valence-electron chi connectivity index (χ3n) is 3.61. The van der Waals surface area contributed by atoms with Crippen molar-refractivity contribution in [3.05, 3.63) is 59.9 Å². The van der Waals surface area contributed by atoms with Gasteiger partial charge in [-0.1, -0.05) is 39.0 Å². The number of anilines is 1. The minimum Gasteiger partial charge on any atom is -0.489 e. The Balaban J connectivity index is 2.00. The molecule has 3 N–H and O–H groups in total. The quantitative estimate of drug-likeness (QED) is 0.878. The molecule has 0 aliphatic heterocycles. The number of rotatable bonds is 5. The summed E-state index contributed by atoms with van der Waals surface area (Å²) >= 11 is 0. The van der Waals surface area contributed by atoms with Crippen molar-refractivity contribution in [3.8, 4) is 5.75 Å². The molecule has 2 rings (SSSR count). The van der Waals surface area contributed by atoms with E-state index in [0.717, 1.165) is 5.56 Å². The van der Waals surface area contributed by atoms with E-state index in [9.17, 15) is 9.18 Å². The zero-order valence-corrected chi connectivity index (χ0v) is 14.2. The molecule has 5 heteroatoms. The highest BCUT2D eigenvalue weighted by Crippen LogP contribution is 2.20. The van der Waals surface area contributed by atoms with Crippen molar-refractivity contribution in [2.24, 2.45) is 11.1 Å². The monoisotopic (exact) mass is 330 g/mol. The highest BCUT2D eigenvalue weighted by atomic mass is 19.1. The molecule has 0 unspecified atom stereocenters. The van der Waals surface area contributed by atoms with Crippen molar-refractivity contribution in [2.75, 3.05) is 5.32 Å². The molecule has 4 nitrogen and oxygen atoms in total. The molecule has 0 aromatic heterocycles. The lowest BCUT2D eigenvalue weighted by atomic mass is 9.87. The Hall–Kier alpha value is -2.40. The van der Waals surface area contributed by atoms with Crippen LogP contribution in [0.3, 0.4) is 0 Å². The number of benzene rings is 2.